The van der Waals surface area contributed by atoms with E-state index in [1.54, 1.807) is 18.2 Å². The highest BCUT2D eigenvalue weighted by Crippen LogP contribution is 2.34. The van der Waals surface area contributed by atoms with Gasteiger partial charge in [0.25, 0.3) is 5.91 Å². The Bertz CT molecular complexity index is 749. The monoisotopic (exact) mass is 339 g/mol. The smallest absolute Gasteiger partial charge is 0.381 e. The van der Waals surface area contributed by atoms with Crippen molar-refractivity contribution in [2.75, 3.05) is 18.5 Å². The second kappa shape index (κ2) is 6.27. The summed E-state index contributed by atoms with van der Waals surface area (Å²) in [5, 5.41) is 5.87. The molecule has 1 unspecified atom stereocenters. The molecule has 0 aliphatic carbocycles. The molecule has 0 spiro atoms. The lowest BCUT2D eigenvalue weighted by molar-refractivity contribution is -0.143. The lowest BCUT2D eigenvalue weighted by Crippen LogP contribution is -2.18. The van der Waals surface area contributed by atoms with Gasteiger partial charge in [-0.25, -0.2) is 0 Å². The fraction of sp³-hybridized carbons (Fsp3) is 0.375. The van der Waals surface area contributed by atoms with E-state index in [4.69, 9.17) is 4.74 Å². The zero-order valence-electron chi connectivity index (χ0n) is 12.9. The molecular weight excluding hydrogens is 323 g/mol. The minimum Gasteiger partial charge on any atom is -0.381 e. The van der Waals surface area contributed by atoms with E-state index in [-0.39, 0.29) is 11.6 Å². The predicted octanol–water partition coefficient (Wildman–Crippen LogP) is 3.20. The molecule has 5 nitrogen and oxygen atoms in total. The number of carbonyl (C=O) groups excluding carboxylic acids is 1. The summed E-state index contributed by atoms with van der Waals surface area (Å²) in [5.41, 5.74) is -0.0976. The van der Waals surface area contributed by atoms with Crippen LogP contribution in [0.15, 0.2) is 30.5 Å². The van der Waals surface area contributed by atoms with Gasteiger partial charge in [-0.1, -0.05) is 12.1 Å². The summed E-state index contributed by atoms with van der Waals surface area (Å²) < 4.78 is 45.1. The van der Waals surface area contributed by atoms with E-state index in [0.29, 0.717) is 23.5 Å². The molecule has 1 fully saturated rings. The molecule has 0 bridgehead atoms. The number of anilines is 1. The van der Waals surface area contributed by atoms with Gasteiger partial charge in [0.15, 0.2) is 5.69 Å². The SMILES string of the molecule is Cn1ncc(NC(=O)c2cccc(C3CCOC3)c2)c1C(F)(F)F. The maximum atomic E-state index is 13.0. The van der Waals surface area contributed by atoms with Crippen LogP contribution in [0.1, 0.15) is 34.0 Å². The number of alkyl halides is 3. The van der Waals surface area contributed by atoms with Crippen LogP contribution in [0.2, 0.25) is 0 Å². The molecule has 24 heavy (non-hydrogen) atoms. The van der Waals surface area contributed by atoms with E-state index in [1.807, 2.05) is 6.07 Å². The van der Waals surface area contributed by atoms with E-state index in [0.717, 1.165) is 18.2 Å². The number of amides is 1. The Hall–Kier alpha value is -2.35. The van der Waals surface area contributed by atoms with Gasteiger partial charge in [-0.3, -0.25) is 9.48 Å². The number of aromatic nitrogens is 2. The molecule has 128 valence electrons. The quantitative estimate of drug-likeness (QED) is 0.934. The average Bonchev–Trinajstić information content (AvgIpc) is 3.16. The third-order valence-corrected chi connectivity index (χ3v) is 4.01. The Morgan fingerprint density at radius 1 is 1.42 bits per heavy atom. The Labute approximate surface area is 136 Å². The largest absolute Gasteiger partial charge is 0.435 e. The molecule has 0 radical (unpaired) electrons. The first kappa shape index (κ1) is 16.5. The topological polar surface area (TPSA) is 56.2 Å². The molecular formula is C16H16F3N3O2. The zero-order chi connectivity index (χ0) is 17.3. The van der Waals surface area contributed by atoms with Crippen LogP contribution in [-0.2, 0) is 18.0 Å². The van der Waals surface area contributed by atoms with Gasteiger partial charge in [-0.2, -0.15) is 18.3 Å². The fourth-order valence-electron chi connectivity index (χ4n) is 2.79. The first-order valence-electron chi connectivity index (χ1n) is 7.44. The molecule has 8 heteroatoms. The molecule has 1 aliphatic heterocycles. The Kier molecular flexibility index (Phi) is 4.31. The predicted molar refractivity (Wildman–Crippen MR) is 80.8 cm³/mol. The molecule has 1 saturated heterocycles. The lowest BCUT2D eigenvalue weighted by Gasteiger charge is -2.12. The second-order valence-electron chi connectivity index (χ2n) is 5.67. The van der Waals surface area contributed by atoms with Crippen molar-refractivity contribution in [1.82, 2.24) is 9.78 Å². The molecule has 2 aromatic rings. The summed E-state index contributed by atoms with van der Waals surface area (Å²) in [6.07, 6.45) is -2.74. The van der Waals surface area contributed by atoms with Crippen molar-refractivity contribution in [1.29, 1.82) is 0 Å². The van der Waals surface area contributed by atoms with Crippen molar-refractivity contribution < 1.29 is 22.7 Å². The fourth-order valence-corrected chi connectivity index (χ4v) is 2.79. The summed E-state index contributed by atoms with van der Waals surface area (Å²) in [6, 6.07) is 6.87. The van der Waals surface area contributed by atoms with Crippen molar-refractivity contribution in [3.8, 4) is 0 Å². The molecule has 0 saturated carbocycles. The lowest BCUT2D eigenvalue weighted by atomic mass is 9.96. The molecule has 1 amide bonds. The van der Waals surface area contributed by atoms with Crippen LogP contribution < -0.4 is 5.32 Å². The number of nitrogens with zero attached hydrogens (tertiary/aromatic N) is 2. The molecule has 1 N–H and O–H groups in total. The Morgan fingerprint density at radius 2 is 2.21 bits per heavy atom. The number of hydrogen-bond acceptors (Lipinski definition) is 3. The normalized spacial score (nSPS) is 17.9. The Balaban J connectivity index is 1.82. The van der Waals surface area contributed by atoms with Crippen molar-refractivity contribution >= 4 is 11.6 Å². The molecule has 2 heterocycles. The average molecular weight is 339 g/mol. The molecule has 3 rings (SSSR count). The standard InChI is InChI=1S/C16H16F3N3O2/c1-22-14(16(17,18)19)13(8-20-22)21-15(23)11-4-2-3-10(7-11)12-5-6-24-9-12/h2-4,7-8,12H,5-6,9H2,1H3,(H,21,23). The van der Waals surface area contributed by atoms with Gasteiger partial charge in [0, 0.05) is 25.1 Å². The number of rotatable bonds is 3. The maximum Gasteiger partial charge on any atom is 0.435 e. The highest BCUT2D eigenvalue weighted by Gasteiger charge is 2.38. The molecule has 1 aliphatic rings. The molecule has 1 aromatic heterocycles. The highest BCUT2D eigenvalue weighted by atomic mass is 19.4. The number of ether oxygens (including phenoxy) is 1. The van der Waals surface area contributed by atoms with Crippen LogP contribution in [-0.4, -0.2) is 28.9 Å². The number of nitrogens with one attached hydrogen (secondary N) is 1. The number of hydrogen-bond donors (Lipinski definition) is 1. The van der Waals surface area contributed by atoms with Crippen molar-refractivity contribution in [3.63, 3.8) is 0 Å². The van der Waals surface area contributed by atoms with Gasteiger partial charge in [-0.05, 0) is 24.1 Å². The van der Waals surface area contributed by atoms with Gasteiger partial charge >= 0.3 is 6.18 Å². The van der Waals surface area contributed by atoms with Gasteiger partial charge in [-0.15, -0.1) is 0 Å². The summed E-state index contributed by atoms with van der Waals surface area (Å²) in [4.78, 5) is 12.3. The number of halogens is 3. The summed E-state index contributed by atoms with van der Waals surface area (Å²) in [6.45, 7) is 1.26. The molecule has 1 atom stereocenters. The first-order chi connectivity index (χ1) is 11.4. The zero-order valence-corrected chi connectivity index (χ0v) is 12.9. The molecule has 1 aromatic carbocycles. The number of aryl methyl sites for hydroxylation is 1. The van der Waals surface area contributed by atoms with Crippen LogP contribution in [0.5, 0.6) is 0 Å². The van der Waals surface area contributed by atoms with Gasteiger partial charge < -0.3 is 10.1 Å². The number of carbonyl (C=O) groups is 1. The van der Waals surface area contributed by atoms with E-state index < -0.39 is 17.8 Å². The van der Waals surface area contributed by atoms with E-state index in [9.17, 15) is 18.0 Å². The van der Waals surface area contributed by atoms with Gasteiger partial charge in [0.2, 0.25) is 0 Å². The van der Waals surface area contributed by atoms with Crippen LogP contribution >= 0.6 is 0 Å². The van der Waals surface area contributed by atoms with Gasteiger partial charge in [0.1, 0.15) is 0 Å². The van der Waals surface area contributed by atoms with Crippen molar-refractivity contribution in [2.45, 2.75) is 18.5 Å². The van der Waals surface area contributed by atoms with Crippen LogP contribution in [0, 0.1) is 0 Å². The van der Waals surface area contributed by atoms with Crippen LogP contribution in [0.3, 0.4) is 0 Å². The summed E-state index contributed by atoms with van der Waals surface area (Å²) in [5.74, 6) is -0.392. The van der Waals surface area contributed by atoms with E-state index >= 15 is 0 Å². The third-order valence-electron chi connectivity index (χ3n) is 4.01. The second-order valence-corrected chi connectivity index (χ2v) is 5.67. The maximum absolute atomic E-state index is 13.0. The highest BCUT2D eigenvalue weighted by molar-refractivity contribution is 6.04. The summed E-state index contributed by atoms with van der Waals surface area (Å²) >= 11 is 0. The third kappa shape index (κ3) is 3.28. The number of benzene rings is 1. The van der Waals surface area contributed by atoms with E-state index in [1.165, 1.54) is 7.05 Å². The van der Waals surface area contributed by atoms with Gasteiger partial charge in [0.05, 0.1) is 18.5 Å². The minimum atomic E-state index is -4.60. The minimum absolute atomic E-state index is 0.210. The van der Waals surface area contributed by atoms with Crippen molar-refractivity contribution in [2.24, 2.45) is 7.05 Å². The van der Waals surface area contributed by atoms with Crippen LogP contribution in [0.25, 0.3) is 0 Å². The van der Waals surface area contributed by atoms with Crippen molar-refractivity contribution in [3.05, 3.63) is 47.3 Å². The Morgan fingerprint density at radius 3 is 2.88 bits per heavy atom. The summed E-state index contributed by atoms with van der Waals surface area (Å²) in [7, 11) is 1.18. The van der Waals surface area contributed by atoms with E-state index in [2.05, 4.69) is 10.4 Å². The first-order valence-corrected chi connectivity index (χ1v) is 7.44. The van der Waals surface area contributed by atoms with Crippen LogP contribution in [0.4, 0.5) is 18.9 Å².